The molecule has 2 nitrogen and oxygen atoms in total. The van der Waals surface area contributed by atoms with Gasteiger partial charge in [0.15, 0.2) is 0 Å². The number of aliphatic hydroxyl groups is 1. The van der Waals surface area contributed by atoms with E-state index in [1.165, 1.54) is 16.8 Å². The number of fused-ring (bicyclic) bond motifs is 1. The number of hydrogen-bond acceptors (Lipinski definition) is 2. The van der Waals surface area contributed by atoms with Gasteiger partial charge in [-0.3, -0.25) is 0 Å². The van der Waals surface area contributed by atoms with E-state index in [0.717, 1.165) is 19.4 Å². The first-order valence-corrected chi connectivity index (χ1v) is 5.27. The lowest BCUT2D eigenvalue weighted by atomic mass is 9.87. The molecule has 2 N–H and O–H groups in total. The number of rotatable bonds is 2. The number of para-hydroxylation sites is 1. The summed E-state index contributed by atoms with van der Waals surface area (Å²) in [6.07, 6.45) is 2.02. The molecule has 0 aliphatic carbocycles. The Bertz CT molecular complexity index is 322. The first-order valence-electron chi connectivity index (χ1n) is 5.27. The Hall–Kier alpha value is -1.02. The summed E-state index contributed by atoms with van der Waals surface area (Å²) in [6.45, 7) is 3.45. The maximum Gasteiger partial charge on any atom is 0.0436 e. The molecule has 2 rings (SSSR count). The molecular weight excluding hydrogens is 174 g/mol. The molecule has 2 heteroatoms. The molecule has 0 bridgehead atoms. The minimum absolute atomic E-state index is 0.290. The van der Waals surface area contributed by atoms with E-state index >= 15 is 0 Å². The van der Waals surface area contributed by atoms with Crippen LogP contribution in [0.3, 0.4) is 0 Å². The standard InChI is InChI=1S/C12H17NO/c1-9-3-2-4-11-10(6-8-14)5-7-13-12(9)11/h2-4,10,13-14H,5-8H2,1H3. The summed E-state index contributed by atoms with van der Waals surface area (Å²) < 4.78 is 0. The molecule has 76 valence electrons. The van der Waals surface area contributed by atoms with Crippen LogP contribution < -0.4 is 5.32 Å². The molecule has 1 unspecified atom stereocenters. The number of aryl methyl sites for hydroxylation is 1. The Morgan fingerprint density at radius 1 is 1.50 bits per heavy atom. The van der Waals surface area contributed by atoms with Crippen molar-refractivity contribution >= 4 is 5.69 Å². The lowest BCUT2D eigenvalue weighted by Crippen LogP contribution is -2.18. The maximum absolute atomic E-state index is 8.99. The highest BCUT2D eigenvalue weighted by atomic mass is 16.3. The zero-order chi connectivity index (χ0) is 9.97. The molecular formula is C12H17NO. The Labute approximate surface area is 85.0 Å². The SMILES string of the molecule is Cc1cccc2c1NCCC2CCO. The van der Waals surface area contributed by atoms with Crippen LogP contribution in [0.4, 0.5) is 5.69 Å². The highest BCUT2D eigenvalue weighted by Crippen LogP contribution is 2.35. The monoisotopic (exact) mass is 191 g/mol. The predicted octanol–water partition coefficient (Wildman–Crippen LogP) is 2.28. The van der Waals surface area contributed by atoms with Crippen molar-refractivity contribution in [3.05, 3.63) is 29.3 Å². The van der Waals surface area contributed by atoms with Crippen LogP contribution in [0.2, 0.25) is 0 Å². The van der Waals surface area contributed by atoms with Gasteiger partial charge in [-0.15, -0.1) is 0 Å². The van der Waals surface area contributed by atoms with E-state index in [1.807, 2.05) is 0 Å². The molecule has 1 aromatic carbocycles. The largest absolute Gasteiger partial charge is 0.396 e. The summed E-state index contributed by atoms with van der Waals surface area (Å²) in [5, 5.41) is 12.4. The summed E-state index contributed by atoms with van der Waals surface area (Å²) in [7, 11) is 0. The zero-order valence-electron chi connectivity index (χ0n) is 8.59. The van der Waals surface area contributed by atoms with Gasteiger partial charge in [0.2, 0.25) is 0 Å². The Morgan fingerprint density at radius 3 is 3.14 bits per heavy atom. The van der Waals surface area contributed by atoms with E-state index in [0.29, 0.717) is 5.92 Å². The first kappa shape index (κ1) is 9.53. The molecule has 14 heavy (non-hydrogen) atoms. The normalized spacial score (nSPS) is 20.0. The van der Waals surface area contributed by atoms with Crippen LogP contribution in [0, 0.1) is 6.92 Å². The molecule has 1 heterocycles. The molecule has 0 fully saturated rings. The fourth-order valence-electron chi connectivity index (χ4n) is 2.25. The van der Waals surface area contributed by atoms with Crippen molar-refractivity contribution in [2.75, 3.05) is 18.5 Å². The van der Waals surface area contributed by atoms with Crippen LogP contribution in [-0.4, -0.2) is 18.3 Å². The smallest absolute Gasteiger partial charge is 0.0436 e. The quantitative estimate of drug-likeness (QED) is 0.751. The predicted molar refractivity (Wildman–Crippen MR) is 58.7 cm³/mol. The van der Waals surface area contributed by atoms with Gasteiger partial charge in [0.05, 0.1) is 0 Å². The third-order valence-electron chi connectivity index (χ3n) is 3.02. The van der Waals surface area contributed by atoms with Crippen LogP contribution in [-0.2, 0) is 0 Å². The third-order valence-corrected chi connectivity index (χ3v) is 3.02. The van der Waals surface area contributed by atoms with Gasteiger partial charge in [-0.25, -0.2) is 0 Å². The molecule has 0 amide bonds. The maximum atomic E-state index is 8.99. The molecule has 0 saturated heterocycles. The van der Waals surface area contributed by atoms with E-state index in [1.54, 1.807) is 0 Å². The molecule has 1 aromatic rings. The van der Waals surface area contributed by atoms with Crippen LogP contribution >= 0.6 is 0 Å². The van der Waals surface area contributed by atoms with Gasteiger partial charge in [0, 0.05) is 18.8 Å². The summed E-state index contributed by atoms with van der Waals surface area (Å²) in [5.74, 6) is 0.538. The van der Waals surface area contributed by atoms with Gasteiger partial charge in [0.25, 0.3) is 0 Å². The molecule has 0 radical (unpaired) electrons. The zero-order valence-corrected chi connectivity index (χ0v) is 8.59. The lowest BCUT2D eigenvalue weighted by Gasteiger charge is -2.27. The number of nitrogens with one attached hydrogen (secondary N) is 1. The van der Waals surface area contributed by atoms with Gasteiger partial charge in [-0.1, -0.05) is 18.2 Å². The van der Waals surface area contributed by atoms with Gasteiger partial charge < -0.3 is 10.4 Å². The summed E-state index contributed by atoms with van der Waals surface area (Å²) in [6, 6.07) is 6.41. The van der Waals surface area contributed by atoms with Gasteiger partial charge in [-0.05, 0) is 36.8 Å². The van der Waals surface area contributed by atoms with Crippen LogP contribution in [0.1, 0.15) is 29.9 Å². The van der Waals surface area contributed by atoms with E-state index in [2.05, 4.69) is 30.4 Å². The first-order chi connectivity index (χ1) is 6.83. The highest BCUT2D eigenvalue weighted by Gasteiger charge is 2.19. The fraction of sp³-hybridized carbons (Fsp3) is 0.500. The number of anilines is 1. The second-order valence-electron chi connectivity index (χ2n) is 3.96. The van der Waals surface area contributed by atoms with Gasteiger partial charge >= 0.3 is 0 Å². The number of hydrogen-bond donors (Lipinski definition) is 2. The number of benzene rings is 1. The van der Waals surface area contributed by atoms with Crippen LogP contribution in [0.5, 0.6) is 0 Å². The second-order valence-corrected chi connectivity index (χ2v) is 3.96. The van der Waals surface area contributed by atoms with Crippen LogP contribution in [0.15, 0.2) is 18.2 Å². The Balaban J connectivity index is 2.34. The van der Waals surface area contributed by atoms with Crippen molar-refractivity contribution in [2.45, 2.75) is 25.7 Å². The molecule has 1 aliphatic rings. The van der Waals surface area contributed by atoms with E-state index in [4.69, 9.17) is 5.11 Å². The fourth-order valence-corrected chi connectivity index (χ4v) is 2.25. The Morgan fingerprint density at radius 2 is 2.36 bits per heavy atom. The van der Waals surface area contributed by atoms with Crippen molar-refractivity contribution in [2.24, 2.45) is 0 Å². The lowest BCUT2D eigenvalue weighted by molar-refractivity contribution is 0.273. The average Bonchev–Trinajstić information content (AvgIpc) is 2.20. The molecule has 0 aromatic heterocycles. The molecule has 0 saturated carbocycles. The summed E-state index contributed by atoms with van der Waals surface area (Å²) >= 11 is 0. The average molecular weight is 191 g/mol. The minimum atomic E-state index is 0.290. The number of aliphatic hydroxyl groups excluding tert-OH is 1. The van der Waals surface area contributed by atoms with E-state index in [9.17, 15) is 0 Å². The Kier molecular flexibility index (Phi) is 2.73. The summed E-state index contributed by atoms with van der Waals surface area (Å²) in [4.78, 5) is 0. The van der Waals surface area contributed by atoms with Gasteiger partial charge in [-0.2, -0.15) is 0 Å². The highest BCUT2D eigenvalue weighted by molar-refractivity contribution is 5.60. The summed E-state index contributed by atoms with van der Waals surface area (Å²) in [5.41, 5.74) is 3.98. The topological polar surface area (TPSA) is 32.3 Å². The van der Waals surface area contributed by atoms with E-state index < -0.39 is 0 Å². The van der Waals surface area contributed by atoms with Crippen molar-refractivity contribution < 1.29 is 5.11 Å². The minimum Gasteiger partial charge on any atom is -0.396 e. The van der Waals surface area contributed by atoms with Crippen molar-refractivity contribution in [1.82, 2.24) is 0 Å². The van der Waals surface area contributed by atoms with Crippen molar-refractivity contribution in [3.63, 3.8) is 0 Å². The molecule has 1 atom stereocenters. The molecule has 1 aliphatic heterocycles. The van der Waals surface area contributed by atoms with Crippen molar-refractivity contribution in [3.8, 4) is 0 Å². The van der Waals surface area contributed by atoms with E-state index in [-0.39, 0.29) is 6.61 Å². The van der Waals surface area contributed by atoms with Crippen LogP contribution in [0.25, 0.3) is 0 Å². The van der Waals surface area contributed by atoms with Crippen molar-refractivity contribution in [1.29, 1.82) is 0 Å². The van der Waals surface area contributed by atoms with Gasteiger partial charge in [0.1, 0.15) is 0 Å². The molecule has 0 spiro atoms. The third kappa shape index (κ3) is 1.62. The second kappa shape index (κ2) is 4.01.